The van der Waals surface area contributed by atoms with Crippen molar-refractivity contribution < 1.29 is 4.84 Å². The predicted molar refractivity (Wildman–Crippen MR) is 46.4 cm³/mol. The number of hydrogen-bond donors (Lipinski definition) is 1. The molecule has 1 aromatic rings. The quantitative estimate of drug-likeness (QED) is 0.652. The molecule has 1 rings (SSSR count). The van der Waals surface area contributed by atoms with Gasteiger partial charge in [-0.25, -0.2) is 10.6 Å². The molecular weight excluding hydrogens is 170 g/mol. The molecule has 2 N–H and O–H groups in total. The molecule has 0 saturated carbocycles. The Morgan fingerprint density at radius 2 is 2.31 bits per heavy atom. The van der Waals surface area contributed by atoms with E-state index in [0.29, 0.717) is 6.61 Å². The van der Waals surface area contributed by atoms with Crippen molar-refractivity contribution in [3.8, 4) is 0 Å². The van der Waals surface area contributed by atoms with Gasteiger partial charge in [-0.15, -0.1) is 5.10 Å². The Hall–Kier alpha value is -1.01. The number of aryl methyl sites for hydroxylation is 1. The second-order valence-corrected chi connectivity index (χ2v) is 3.80. The highest BCUT2D eigenvalue weighted by Gasteiger charge is 2.17. The fourth-order valence-corrected chi connectivity index (χ4v) is 0.998. The van der Waals surface area contributed by atoms with E-state index in [2.05, 4.69) is 34.2 Å². The maximum absolute atomic E-state index is 5.02. The van der Waals surface area contributed by atoms with Crippen molar-refractivity contribution in [1.29, 1.82) is 0 Å². The lowest BCUT2D eigenvalue weighted by Crippen LogP contribution is -2.23. The van der Waals surface area contributed by atoms with Crippen molar-refractivity contribution in [3.63, 3.8) is 0 Å². The molecule has 0 fully saturated rings. The number of nitrogens with two attached hydrogens (primary N) is 1. The molecule has 0 unspecified atom stereocenters. The SMILES string of the molecule is CC(C)(CCn1cnnn1)CON. The standard InChI is InChI=1S/C7H15N5O/c1-7(2,5-13-8)3-4-12-6-9-10-11-12/h6H,3-5,8H2,1-2H3. The van der Waals surface area contributed by atoms with Crippen molar-refractivity contribution >= 4 is 0 Å². The van der Waals surface area contributed by atoms with Crippen molar-refractivity contribution in [2.75, 3.05) is 6.61 Å². The molecule has 0 atom stereocenters. The van der Waals surface area contributed by atoms with Crippen molar-refractivity contribution in [2.45, 2.75) is 26.8 Å². The van der Waals surface area contributed by atoms with Gasteiger partial charge in [-0.3, -0.25) is 0 Å². The third-order valence-corrected chi connectivity index (χ3v) is 1.88. The highest BCUT2D eigenvalue weighted by atomic mass is 16.6. The first kappa shape index (κ1) is 10.1. The first-order valence-electron chi connectivity index (χ1n) is 4.16. The number of aromatic nitrogens is 4. The van der Waals surface area contributed by atoms with Crippen LogP contribution < -0.4 is 5.90 Å². The zero-order valence-corrected chi connectivity index (χ0v) is 7.97. The molecule has 6 nitrogen and oxygen atoms in total. The summed E-state index contributed by atoms with van der Waals surface area (Å²) in [5.74, 6) is 5.02. The summed E-state index contributed by atoms with van der Waals surface area (Å²) in [6.45, 7) is 5.49. The predicted octanol–water partition coefficient (Wildman–Crippen LogP) is -0.0203. The molecule has 0 bridgehead atoms. The zero-order valence-electron chi connectivity index (χ0n) is 7.97. The van der Waals surface area contributed by atoms with Gasteiger partial charge in [-0.2, -0.15) is 0 Å². The summed E-state index contributed by atoms with van der Waals surface area (Å²) in [5.41, 5.74) is 0.0562. The second-order valence-electron chi connectivity index (χ2n) is 3.80. The molecule has 0 aliphatic heterocycles. The summed E-state index contributed by atoms with van der Waals surface area (Å²) < 4.78 is 1.69. The third-order valence-electron chi connectivity index (χ3n) is 1.88. The van der Waals surface area contributed by atoms with Crippen LogP contribution in [0.5, 0.6) is 0 Å². The van der Waals surface area contributed by atoms with Crippen molar-refractivity contribution in [1.82, 2.24) is 20.2 Å². The van der Waals surface area contributed by atoms with E-state index in [0.717, 1.165) is 13.0 Å². The largest absolute Gasteiger partial charge is 0.304 e. The molecule has 0 radical (unpaired) electrons. The van der Waals surface area contributed by atoms with E-state index in [-0.39, 0.29) is 5.41 Å². The molecule has 0 amide bonds. The summed E-state index contributed by atoms with van der Waals surface area (Å²) in [6.07, 6.45) is 2.52. The normalized spacial score (nSPS) is 11.9. The Morgan fingerprint density at radius 1 is 1.54 bits per heavy atom. The topological polar surface area (TPSA) is 78.8 Å². The van der Waals surface area contributed by atoms with Crippen LogP contribution in [0.2, 0.25) is 0 Å². The number of rotatable bonds is 5. The highest BCUT2D eigenvalue weighted by molar-refractivity contribution is 4.67. The number of tetrazole rings is 1. The van der Waals surface area contributed by atoms with Crippen LogP contribution in [0.1, 0.15) is 20.3 Å². The highest BCUT2D eigenvalue weighted by Crippen LogP contribution is 2.20. The molecule has 1 heterocycles. The lowest BCUT2D eigenvalue weighted by Gasteiger charge is -2.22. The van der Waals surface area contributed by atoms with Gasteiger partial charge in [-0.1, -0.05) is 13.8 Å². The third kappa shape index (κ3) is 3.47. The Bertz CT molecular complexity index is 233. The van der Waals surface area contributed by atoms with Crippen molar-refractivity contribution in [2.24, 2.45) is 11.3 Å². The molecule has 13 heavy (non-hydrogen) atoms. The average molecular weight is 185 g/mol. The van der Waals surface area contributed by atoms with Crippen LogP contribution in [0.3, 0.4) is 0 Å². The maximum Gasteiger partial charge on any atom is 0.138 e. The maximum atomic E-state index is 5.02. The fraction of sp³-hybridized carbons (Fsp3) is 0.857. The molecule has 0 aliphatic carbocycles. The van der Waals surface area contributed by atoms with E-state index >= 15 is 0 Å². The van der Waals surface area contributed by atoms with E-state index in [9.17, 15) is 0 Å². The molecular formula is C7H15N5O. The minimum absolute atomic E-state index is 0.0562. The molecule has 1 aromatic heterocycles. The zero-order chi connectivity index (χ0) is 9.73. The van der Waals surface area contributed by atoms with E-state index in [1.54, 1.807) is 11.0 Å². The Kier molecular flexibility index (Phi) is 3.32. The van der Waals surface area contributed by atoms with Gasteiger partial charge in [0.05, 0.1) is 6.61 Å². The molecule has 0 aliphatic rings. The lowest BCUT2D eigenvalue weighted by atomic mass is 9.91. The van der Waals surface area contributed by atoms with Crippen LogP contribution in [0.4, 0.5) is 0 Å². The first-order chi connectivity index (χ1) is 6.14. The fourth-order valence-electron chi connectivity index (χ4n) is 0.998. The average Bonchev–Trinajstić information content (AvgIpc) is 2.52. The van der Waals surface area contributed by atoms with Gasteiger partial charge in [0.15, 0.2) is 0 Å². The second kappa shape index (κ2) is 4.29. The molecule has 0 aromatic carbocycles. The van der Waals surface area contributed by atoms with E-state index in [1.165, 1.54) is 0 Å². The van der Waals surface area contributed by atoms with Crippen LogP contribution in [0, 0.1) is 5.41 Å². The van der Waals surface area contributed by atoms with Gasteiger partial charge in [-0.05, 0) is 22.3 Å². The summed E-state index contributed by atoms with van der Waals surface area (Å²) in [4.78, 5) is 4.62. The molecule has 0 spiro atoms. The van der Waals surface area contributed by atoms with Gasteiger partial charge in [0.2, 0.25) is 0 Å². The molecule has 74 valence electrons. The van der Waals surface area contributed by atoms with Crippen LogP contribution in [0.15, 0.2) is 6.33 Å². The van der Waals surface area contributed by atoms with Crippen LogP contribution in [0.25, 0.3) is 0 Å². The van der Waals surface area contributed by atoms with E-state index < -0.39 is 0 Å². The minimum atomic E-state index is 0.0562. The smallest absolute Gasteiger partial charge is 0.138 e. The van der Waals surface area contributed by atoms with Gasteiger partial charge in [0, 0.05) is 6.54 Å². The van der Waals surface area contributed by atoms with Gasteiger partial charge >= 0.3 is 0 Å². The summed E-state index contributed by atoms with van der Waals surface area (Å²) in [6, 6.07) is 0. The summed E-state index contributed by atoms with van der Waals surface area (Å²) >= 11 is 0. The minimum Gasteiger partial charge on any atom is -0.304 e. The summed E-state index contributed by atoms with van der Waals surface area (Å²) in [7, 11) is 0. The van der Waals surface area contributed by atoms with Crippen LogP contribution >= 0.6 is 0 Å². The monoisotopic (exact) mass is 185 g/mol. The Morgan fingerprint density at radius 3 is 2.85 bits per heavy atom. The van der Waals surface area contributed by atoms with E-state index in [1.807, 2.05) is 0 Å². The van der Waals surface area contributed by atoms with Crippen molar-refractivity contribution in [3.05, 3.63) is 6.33 Å². The number of hydrogen-bond acceptors (Lipinski definition) is 5. The van der Waals surface area contributed by atoms with Gasteiger partial charge in [0.1, 0.15) is 6.33 Å². The van der Waals surface area contributed by atoms with Crippen LogP contribution in [-0.4, -0.2) is 26.8 Å². The van der Waals surface area contributed by atoms with Gasteiger partial charge < -0.3 is 4.84 Å². The summed E-state index contributed by atoms with van der Waals surface area (Å²) in [5, 5.41) is 10.9. The molecule has 6 heteroatoms. The lowest BCUT2D eigenvalue weighted by molar-refractivity contribution is 0.0552. The Balaban J connectivity index is 2.33. The van der Waals surface area contributed by atoms with Gasteiger partial charge in [0.25, 0.3) is 0 Å². The van der Waals surface area contributed by atoms with Crippen LogP contribution in [-0.2, 0) is 11.4 Å². The van der Waals surface area contributed by atoms with E-state index in [4.69, 9.17) is 5.90 Å². The molecule has 0 saturated heterocycles. The number of nitrogens with zero attached hydrogens (tertiary/aromatic N) is 4. The Labute approximate surface area is 77.0 Å². The first-order valence-corrected chi connectivity index (χ1v) is 4.16.